The highest BCUT2D eigenvalue weighted by Crippen LogP contribution is 2.12. The van der Waals surface area contributed by atoms with Gasteiger partial charge in [-0.05, 0) is 12.8 Å². The molecule has 0 heterocycles. The van der Waals surface area contributed by atoms with Gasteiger partial charge in [-0.1, -0.05) is 77.6 Å². The summed E-state index contributed by atoms with van der Waals surface area (Å²) in [4.78, 5) is 0. The molecular weight excluding hydrogens is 210 g/mol. The summed E-state index contributed by atoms with van der Waals surface area (Å²) in [6, 6.07) is 0. The fourth-order valence-electron chi connectivity index (χ4n) is 2.25. The van der Waals surface area contributed by atoms with Crippen LogP contribution in [0.2, 0.25) is 0 Å². The summed E-state index contributed by atoms with van der Waals surface area (Å²) in [5, 5.41) is 10.1. The van der Waals surface area contributed by atoms with Crippen molar-refractivity contribution < 1.29 is 5.48 Å². The summed E-state index contributed by atoms with van der Waals surface area (Å²) in [7, 11) is 0. The van der Waals surface area contributed by atoms with Gasteiger partial charge in [-0.25, -0.2) is 0 Å². The molecule has 0 rings (SSSR count). The van der Waals surface area contributed by atoms with Gasteiger partial charge in [-0.15, -0.1) is 0 Å². The van der Waals surface area contributed by atoms with Gasteiger partial charge in [0.1, 0.15) is 0 Å². The molecule has 0 aliphatic heterocycles. The second kappa shape index (κ2) is 15.9. The van der Waals surface area contributed by atoms with Gasteiger partial charge < -0.3 is 10.7 Å². The van der Waals surface area contributed by atoms with E-state index < -0.39 is 0 Å². The van der Waals surface area contributed by atoms with Gasteiger partial charge in [0.05, 0.1) is 6.54 Å². The van der Waals surface area contributed by atoms with Crippen molar-refractivity contribution in [2.45, 2.75) is 90.4 Å². The van der Waals surface area contributed by atoms with Gasteiger partial charge in [-0.2, -0.15) is 0 Å². The molecule has 0 spiro atoms. The van der Waals surface area contributed by atoms with Crippen LogP contribution in [0.1, 0.15) is 90.4 Å². The summed E-state index contributed by atoms with van der Waals surface area (Å²) in [6.07, 6.45) is 17.8. The van der Waals surface area contributed by atoms with Crippen LogP contribution >= 0.6 is 0 Å². The van der Waals surface area contributed by atoms with Gasteiger partial charge in [-0.3, -0.25) is 0 Å². The molecule has 0 atom stereocenters. The highest BCUT2D eigenvalue weighted by Gasteiger charge is 1.93. The Kier molecular flexibility index (Phi) is 15.8. The number of hydrogen-bond donors (Lipinski definition) is 1. The monoisotopic (exact) mass is 243 g/mol. The van der Waals surface area contributed by atoms with Crippen molar-refractivity contribution in [3.63, 3.8) is 0 Å². The number of hydroxylamine groups is 1. The minimum absolute atomic E-state index is 0.762. The van der Waals surface area contributed by atoms with Crippen LogP contribution in [0.5, 0.6) is 0 Å². The Morgan fingerprint density at radius 2 is 0.941 bits per heavy atom. The molecule has 0 aliphatic rings. The van der Waals surface area contributed by atoms with Crippen molar-refractivity contribution in [2.75, 3.05) is 6.54 Å². The Morgan fingerprint density at radius 1 is 0.588 bits per heavy atom. The average molecular weight is 243 g/mol. The van der Waals surface area contributed by atoms with Gasteiger partial charge >= 0.3 is 0 Å². The molecule has 0 aromatic carbocycles. The normalized spacial score (nSPS) is 10.9. The van der Waals surface area contributed by atoms with Crippen LogP contribution in [-0.4, -0.2) is 6.54 Å². The van der Waals surface area contributed by atoms with E-state index in [-0.39, 0.29) is 0 Å². The Balaban J connectivity index is 2.85. The summed E-state index contributed by atoms with van der Waals surface area (Å²) >= 11 is 0. The summed E-state index contributed by atoms with van der Waals surface area (Å²) < 4.78 is 0. The molecule has 0 saturated carbocycles. The molecular formula is C15H33NO. The first-order valence-corrected chi connectivity index (χ1v) is 7.85. The summed E-state index contributed by atoms with van der Waals surface area (Å²) in [5.41, 5.74) is 1.04. The molecule has 17 heavy (non-hydrogen) atoms. The molecule has 0 saturated heterocycles. The second-order valence-electron chi connectivity index (χ2n) is 5.20. The maximum absolute atomic E-state index is 10.1. The molecule has 2 nitrogen and oxygen atoms in total. The number of hydrogen-bond acceptors (Lipinski definition) is 1. The minimum Gasteiger partial charge on any atom is -0.636 e. The predicted octanol–water partition coefficient (Wildman–Crippen LogP) is 4.14. The van der Waals surface area contributed by atoms with E-state index in [4.69, 9.17) is 0 Å². The van der Waals surface area contributed by atoms with Crippen LogP contribution in [0.4, 0.5) is 0 Å². The fourth-order valence-corrected chi connectivity index (χ4v) is 2.25. The smallest absolute Gasteiger partial charge is 0.0752 e. The topological polar surface area (TPSA) is 39.7 Å². The third-order valence-electron chi connectivity index (χ3n) is 3.43. The summed E-state index contributed by atoms with van der Waals surface area (Å²) in [5.74, 6) is 0. The van der Waals surface area contributed by atoms with E-state index in [1.54, 1.807) is 0 Å². The van der Waals surface area contributed by atoms with Crippen molar-refractivity contribution in [1.29, 1.82) is 0 Å². The van der Waals surface area contributed by atoms with Gasteiger partial charge in [0.15, 0.2) is 0 Å². The number of quaternary nitrogens is 1. The Bertz CT molecular complexity index is 114. The van der Waals surface area contributed by atoms with Crippen LogP contribution in [-0.2, 0) is 0 Å². The zero-order chi connectivity index (χ0) is 12.6. The van der Waals surface area contributed by atoms with E-state index in [0.717, 1.165) is 18.4 Å². The highest BCUT2D eigenvalue weighted by atomic mass is 16.5. The Morgan fingerprint density at radius 3 is 1.29 bits per heavy atom. The van der Waals surface area contributed by atoms with E-state index in [1.165, 1.54) is 77.0 Å². The maximum Gasteiger partial charge on any atom is 0.0752 e. The van der Waals surface area contributed by atoms with E-state index in [9.17, 15) is 5.21 Å². The molecule has 0 unspecified atom stereocenters. The van der Waals surface area contributed by atoms with Gasteiger partial charge in [0, 0.05) is 0 Å². The predicted molar refractivity (Wildman–Crippen MR) is 75.9 cm³/mol. The second-order valence-corrected chi connectivity index (χ2v) is 5.20. The molecule has 0 radical (unpaired) electrons. The molecule has 0 fully saturated rings. The molecule has 2 heteroatoms. The Hall–Kier alpha value is -0.0800. The van der Waals surface area contributed by atoms with E-state index >= 15 is 0 Å². The van der Waals surface area contributed by atoms with Crippen LogP contribution in [0.15, 0.2) is 0 Å². The maximum atomic E-state index is 10.1. The average Bonchev–Trinajstić information content (AvgIpc) is 2.35. The van der Waals surface area contributed by atoms with Crippen molar-refractivity contribution in [3.05, 3.63) is 5.21 Å². The SMILES string of the molecule is CCCCCCCCCCCCCCC[NH2+][O-]. The van der Waals surface area contributed by atoms with Crippen LogP contribution in [0, 0.1) is 5.21 Å². The number of nitrogens with two attached hydrogens (primary N) is 1. The molecule has 0 aromatic heterocycles. The van der Waals surface area contributed by atoms with Crippen molar-refractivity contribution in [3.8, 4) is 0 Å². The third-order valence-corrected chi connectivity index (χ3v) is 3.43. The lowest BCUT2D eigenvalue weighted by atomic mass is 10.0. The largest absolute Gasteiger partial charge is 0.636 e. The van der Waals surface area contributed by atoms with Gasteiger partial charge in [0.2, 0.25) is 0 Å². The van der Waals surface area contributed by atoms with Gasteiger partial charge in [0.25, 0.3) is 0 Å². The van der Waals surface area contributed by atoms with E-state index in [1.807, 2.05) is 0 Å². The lowest BCUT2D eigenvalue weighted by Gasteiger charge is -2.03. The van der Waals surface area contributed by atoms with E-state index in [0.29, 0.717) is 0 Å². The summed E-state index contributed by atoms with van der Waals surface area (Å²) in [6.45, 7) is 3.03. The Labute approximate surface area is 108 Å². The standard InChI is InChI=1S/C15H33NO/c1-2-3-4-5-6-7-8-9-10-11-12-13-14-15-16-17/h2-16H2,1H3. The molecule has 104 valence electrons. The zero-order valence-corrected chi connectivity index (χ0v) is 11.9. The third kappa shape index (κ3) is 15.9. The molecule has 0 aliphatic carbocycles. The van der Waals surface area contributed by atoms with Crippen molar-refractivity contribution in [1.82, 2.24) is 0 Å². The van der Waals surface area contributed by atoms with Crippen LogP contribution in [0.3, 0.4) is 0 Å². The highest BCUT2D eigenvalue weighted by molar-refractivity contribution is 4.48. The lowest BCUT2D eigenvalue weighted by Crippen LogP contribution is -2.77. The number of unbranched alkanes of at least 4 members (excludes halogenated alkanes) is 12. The van der Waals surface area contributed by atoms with Crippen molar-refractivity contribution >= 4 is 0 Å². The molecule has 2 N–H and O–H groups in total. The molecule has 0 amide bonds. The first-order valence-electron chi connectivity index (χ1n) is 7.85. The van der Waals surface area contributed by atoms with E-state index in [2.05, 4.69) is 6.92 Å². The zero-order valence-electron chi connectivity index (χ0n) is 11.9. The first kappa shape index (κ1) is 16.9. The van der Waals surface area contributed by atoms with Crippen LogP contribution < -0.4 is 5.48 Å². The quantitative estimate of drug-likeness (QED) is 0.361. The minimum atomic E-state index is 0.762. The van der Waals surface area contributed by atoms with Crippen LogP contribution in [0.25, 0.3) is 0 Å². The fraction of sp³-hybridized carbons (Fsp3) is 1.00. The van der Waals surface area contributed by atoms with Crippen molar-refractivity contribution in [2.24, 2.45) is 0 Å². The first-order chi connectivity index (χ1) is 8.41. The molecule has 0 bridgehead atoms. The lowest BCUT2D eigenvalue weighted by molar-refractivity contribution is -0.589. The number of rotatable bonds is 14. The molecule has 0 aromatic rings.